The second kappa shape index (κ2) is 5.21. The number of carboxylic acids is 1. The molecular weight excluding hydrogens is 276 g/mol. The Morgan fingerprint density at radius 3 is 2.44 bits per heavy atom. The molecule has 16 heavy (non-hydrogen) atoms. The standard InChI is InChI=1S/C11H13BrO4/c1-4-6-7(11(13)14)5-8(15-2)10(16-3)9(6)12/h5H,4H2,1-3H3,(H,13,14). The van der Waals surface area contributed by atoms with Crippen molar-refractivity contribution >= 4 is 21.9 Å². The van der Waals surface area contributed by atoms with Crippen LogP contribution in [0.5, 0.6) is 11.5 Å². The maximum absolute atomic E-state index is 11.1. The van der Waals surface area contributed by atoms with Crippen molar-refractivity contribution in [3.8, 4) is 11.5 Å². The Morgan fingerprint density at radius 1 is 1.44 bits per heavy atom. The molecule has 0 bridgehead atoms. The smallest absolute Gasteiger partial charge is 0.336 e. The fourth-order valence-electron chi connectivity index (χ4n) is 1.53. The molecule has 88 valence electrons. The molecule has 0 saturated heterocycles. The van der Waals surface area contributed by atoms with Crippen molar-refractivity contribution in [2.24, 2.45) is 0 Å². The van der Waals surface area contributed by atoms with Crippen LogP contribution in [0.2, 0.25) is 0 Å². The maximum Gasteiger partial charge on any atom is 0.336 e. The van der Waals surface area contributed by atoms with Gasteiger partial charge in [-0.3, -0.25) is 0 Å². The summed E-state index contributed by atoms with van der Waals surface area (Å²) in [6.45, 7) is 1.89. The van der Waals surface area contributed by atoms with Gasteiger partial charge in [0.05, 0.1) is 24.3 Å². The Kier molecular flexibility index (Phi) is 4.18. The maximum atomic E-state index is 11.1. The van der Waals surface area contributed by atoms with Gasteiger partial charge >= 0.3 is 5.97 Å². The summed E-state index contributed by atoms with van der Waals surface area (Å²) in [6, 6.07) is 1.48. The lowest BCUT2D eigenvalue weighted by Crippen LogP contribution is -2.05. The summed E-state index contributed by atoms with van der Waals surface area (Å²) >= 11 is 3.34. The van der Waals surface area contributed by atoms with Crippen molar-refractivity contribution in [3.05, 3.63) is 21.7 Å². The zero-order valence-corrected chi connectivity index (χ0v) is 10.9. The van der Waals surface area contributed by atoms with Gasteiger partial charge in [0.1, 0.15) is 0 Å². The average molecular weight is 289 g/mol. The molecule has 0 unspecified atom stereocenters. The normalized spacial score (nSPS) is 10.0. The van der Waals surface area contributed by atoms with Crippen molar-refractivity contribution in [3.63, 3.8) is 0 Å². The summed E-state index contributed by atoms with van der Waals surface area (Å²) in [4.78, 5) is 11.1. The number of aromatic carboxylic acids is 1. The number of hydrogen-bond donors (Lipinski definition) is 1. The van der Waals surface area contributed by atoms with Crippen LogP contribution in [-0.2, 0) is 6.42 Å². The van der Waals surface area contributed by atoms with Gasteiger partial charge in [0.15, 0.2) is 11.5 Å². The first kappa shape index (κ1) is 12.8. The first-order chi connectivity index (χ1) is 7.56. The quantitative estimate of drug-likeness (QED) is 0.926. The van der Waals surface area contributed by atoms with Gasteiger partial charge in [-0.2, -0.15) is 0 Å². The summed E-state index contributed by atoms with van der Waals surface area (Å²) in [5.41, 5.74) is 0.928. The van der Waals surface area contributed by atoms with E-state index in [1.54, 1.807) is 0 Å². The van der Waals surface area contributed by atoms with Gasteiger partial charge in [-0.15, -0.1) is 0 Å². The summed E-state index contributed by atoms with van der Waals surface area (Å²) in [5.74, 6) is -0.0492. The summed E-state index contributed by atoms with van der Waals surface area (Å²) in [7, 11) is 2.99. The van der Waals surface area contributed by atoms with Crippen molar-refractivity contribution in [1.82, 2.24) is 0 Å². The molecule has 1 aromatic rings. The molecule has 0 amide bonds. The summed E-state index contributed by atoms with van der Waals surface area (Å²) in [5, 5.41) is 9.09. The first-order valence-corrected chi connectivity index (χ1v) is 5.52. The van der Waals surface area contributed by atoms with Gasteiger partial charge in [-0.05, 0) is 34.0 Å². The van der Waals surface area contributed by atoms with E-state index in [1.165, 1.54) is 20.3 Å². The van der Waals surface area contributed by atoms with Gasteiger partial charge in [0.25, 0.3) is 0 Å². The molecule has 0 radical (unpaired) electrons. The van der Waals surface area contributed by atoms with Crippen LogP contribution in [0.4, 0.5) is 0 Å². The minimum Gasteiger partial charge on any atom is -0.493 e. The van der Waals surface area contributed by atoms with E-state index >= 15 is 0 Å². The lowest BCUT2D eigenvalue weighted by molar-refractivity contribution is 0.0695. The number of hydrogen-bond acceptors (Lipinski definition) is 3. The van der Waals surface area contributed by atoms with E-state index in [2.05, 4.69) is 15.9 Å². The van der Waals surface area contributed by atoms with Gasteiger partial charge < -0.3 is 14.6 Å². The monoisotopic (exact) mass is 288 g/mol. The Morgan fingerprint density at radius 2 is 2.06 bits per heavy atom. The van der Waals surface area contributed by atoms with Crippen LogP contribution in [0.3, 0.4) is 0 Å². The third-order valence-electron chi connectivity index (χ3n) is 2.30. The highest BCUT2D eigenvalue weighted by molar-refractivity contribution is 9.10. The molecule has 0 saturated carbocycles. The van der Waals surface area contributed by atoms with E-state index in [9.17, 15) is 4.79 Å². The number of methoxy groups -OCH3 is 2. The zero-order valence-electron chi connectivity index (χ0n) is 9.33. The van der Waals surface area contributed by atoms with E-state index in [4.69, 9.17) is 14.6 Å². The lowest BCUT2D eigenvalue weighted by atomic mass is 10.0. The molecular formula is C11H13BrO4. The second-order valence-electron chi connectivity index (χ2n) is 3.11. The first-order valence-electron chi connectivity index (χ1n) is 4.73. The Bertz CT molecular complexity index is 415. The molecule has 0 aliphatic carbocycles. The largest absolute Gasteiger partial charge is 0.493 e. The molecule has 0 fully saturated rings. The Labute approximate surface area is 102 Å². The van der Waals surface area contributed by atoms with Crippen LogP contribution in [0.1, 0.15) is 22.8 Å². The third-order valence-corrected chi connectivity index (χ3v) is 3.14. The molecule has 1 N–H and O–H groups in total. The predicted octanol–water partition coefficient (Wildman–Crippen LogP) is 2.73. The van der Waals surface area contributed by atoms with Crippen molar-refractivity contribution in [2.75, 3.05) is 14.2 Å². The average Bonchev–Trinajstić information content (AvgIpc) is 2.27. The van der Waals surface area contributed by atoms with Crippen LogP contribution in [0, 0.1) is 0 Å². The van der Waals surface area contributed by atoms with E-state index in [0.29, 0.717) is 28.0 Å². The Balaban J connectivity index is 3.54. The van der Waals surface area contributed by atoms with Gasteiger partial charge in [0, 0.05) is 0 Å². The van der Waals surface area contributed by atoms with Crippen LogP contribution in [0.15, 0.2) is 10.5 Å². The molecule has 5 heteroatoms. The summed E-state index contributed by atoms with van der Waals surface area (Å²) in [6.07, 6.45) is 0.600. The van der Waals surface area contributed by atoms with Crippen LogP contribution >= 0.6 is 15.9 Å². The fourth-order valence-corrected chi connectivity index (χ4v) is 2.38. The minimum absolute atomic E-state index is 0.229. The van der Waals surface area contributed by atoms with Crippen LogP contribution in [-0.4, -0.2) is 25.3 Å². The van der Waals surface area contributed by atoms with E-state index in [-0.39, 0.29) is 5.56 Å². The molecule has 0 aromatic heterocycles. The highest BCUT2D eigenvalue weighted by Crippen LogP contribution is 2.39. The molecule has 0 atom stereocenters. The highest BCUT2D eigenvalue weighted by Gasteiger charge is 2.20. The van der Waals surface area contributed by atoms with E-state index < -0.39 is 5.97 Å². The van der Waals surface area contributed by atoms with E-state index in [0.717, 1.165) is 0 Å². The molecule has 1 aromatic carbocycles. The molecule has 0 heterocycles. The van der Waals surface area contributed by atoms with Gasteiger partial charge in [-0.25, -0.2) is 4.79 Å². The SMILES string of the molecule is CCc1c(C(=O)O)cc(OC)c(OC)c1Br. The van der Waals surface area contributed by atoms with Crippen molar-refractivity contribution in [2.45, 2.75) is 13.3 Å². The minimum atomic E-state index is -0.974. The molecule has 0 aliphatic rings. The third kappa shape index (κ3) is 2.14. The Hall–Kier alpha value is -1.23. The molecule has 0 aliphatic heterocycles. The topological polar surface area (TPSA) is 55.8 Å². The predicted molar refractivity (Wildman–Crippen MR) is 63.6 cm³/mol. The van der Waals surface area contributed by atoms with E-state index in [1.807, 2.05) is 6.92 Å². The lowest BCUT2D eigenvalue weighted by Gasteiger charge is -2.14. The summed E-state index contributed by atoms with van der Waals surface area (Å²) < 4.78 is 10.9. The number of ether oxygens (including phenoxy) is 2. The second-order valence-corrected chi connectivity index (χ2v) is 3.90. The highest BCUT2D eigenvalue weighted by atomic mass is 79.9. The number of rotatable bonds is 4. The van der Waals surface area contributed by atoms with Gasteiger partial charge in [-0.1, -0.05) is 6.92 Å². The van der Waals surface area contributed by atoms with Gasteiger partial charge in [0.2, 0.25) is 0 Å². The van der Waals surface area contributed by atoms with Crippen LogP contribution < -0.4 is 9.47 Å². The fraction of sp³-hybridized carbons (Fsp3) is 0.364. The van der Waals surface area contributed by atoms with Crippen molar-refractivity contribution in [1.29, 1.82) is 0 Å². The van der Waals surface area contributed by atoms with Crippen molar-refractivity contribution < 1.29 is 19.4 Å². The molecule has 0 spiro atoms. The molecule has 4 nitrogen and oxygen atoms in total. The number of carbonyl (C=O) groups is 1. The number of halogens is 1. The van der Waals surface area contributed by atoms with Crippen LogP contribution in [0.25, 0.3) is 0 Å². The number of benzene rings is 1. The number of carboxylic acid groups (broad SMARTS) is 1. The molecule has 1 rings (SSSR count). The zero-order chi connectivity index (χ0) is 12.3.